The number of carbonyl (C=O) groups is 2. The highest BCUT2D eigenvalue weighted by Gasteiger charge is 2.32. The van der Waals surface area contributed by atoms with Gasteiger partial charge in [0.15, 0.2) is 6.04 Å². The molecule has 20 heavy (non-hydrogen) atoms. The normalized spacial score (nSPS) is 18.9. The fourth-order valence-corrected chi connectivity index (χ4v) is 3.28. The molecule has 7 heteroatoms. The summed E-state index contributed by atoms with van der Waals surface area (Å²) in [6.45, 7) is 0.772. The molecular weight excluding hydrogens is 346 g/mol. The molecule has 1 heterocycles. The predicted octanol–water partition coefficient (Wildman–Crippen LogP) is 1.85. The first kappa shape index (κ1) is 15.3. The molecule has 5 nitrogen and oxygen atoms in total. The Bertz CT molecular complexity index is 511. The highest BCUT2D eigenvalue weighted by Crippen LogP contribution is 2.22. The van der Waals surface area contributed by atoms with Crippen molar-refractivity contribution in [2.75, 3.05) is 25.5 Å². The number of ether oxygens (including phenoxy) is 1. The van der Waals surface area contributed by atoms with Crippen molar-refractivity contribution < 1.29 is 19.4 Å². The minimum absolute atomic E-state index is 0.0582. The number of hydrogen-bond acceptors (Lipinski definition) is 4. The van der Waals surface area contributed by atoms with Gasteiger partial charge in [0.05, 0.1) is 19.0 Å². The number of aliphatic carboxylic acids is 1. The van der Waals surface area contributed by atoms with Crippen molar-refractivity contribution in [3.63, 3.8) is 0 Å². The number of halogens is 1. The highest BCUT2D eigenvalue weighted by molar-refractivity contribution is 9.10. The number of nitrogens with zero attached hydrogens (tertiary/aromatic N) is 1. The van der Waals surface area contributed by atoms with Crippen LogP contribution < -0.4 is 0 Å². The molecule has 1 aliphatic rings. The predicted molar refractivity (Wildman–Crippen MR) is 78.8 cm³/mol. The number of amides is 1. The van der Waals surface area contributed by atoms with E-state index >= 15 is 0 Å². The third-order valence-electron chi connectivity index (χ3n) is 2.89. The van der Waals surface area contributed by atoms with E-state index in [1.165, 1.54) is 16.7 Å². The van der Waals surface area contributed by atoms with Gasteiger partial charge < -0.3 is 14.7 Å². The van der Waals surface area contributed by atoms with Crippen LogP contribution in [0.2, 0.25) is 0 Å². The smallest absolute Gasteiger partial charge is 0.328 e. The van der Waals surface area contributed by atoms with Crippen LogP contribution in [0.25, 0.3) is 0 Å². The lowest BCUT2D eigenvalue weighted by Crippen LogP contribution is -2.53. The second-order valence-electron chi connectivity index (χ2n) is 4.26. The molecule has 0 aliphatic carbocycles. The zero-order valence-electron chi connectivity index (χ0n) is 10.6. The number of hydrogen-bond donors (Lipinski definition) is 1. The molecule has 0 radical (unpaired) electrons. The van der Waals surface area contributed by atoms with Gasteiger partial charge >= 0.3 is 5.97 Å². The lowest BCUT2D eigenvalue weighted by atomic mass is 10.2. The van der Waals surface area contributed by atoms with E-state index in [1.807, 2.05) is 24.3 Å². The van der Waals surface area contributed by atoms with Crippen LogP contribution in [0.1, 0.15) is 0 Å². The van der Waals surface area contributed by atoms with Crippen molar-refractivity contribution in [3.05, 3.63) is 28.7 Å². The van der Waals surface area contributed by atoms with Crippen LogP contribution in [-0.4, -0.2) is 53.4 Å². The van der Waals surface area contributed by atoms with Gasteiger partial charge in [-0.05, 0) is 18.2 Å². The Morgan fingerprint density at radius 2 is 2.30 bits per heavy atom. The second-order valence-corrected chi connectivity index (χ2v) is 6.23. The molecule has 0 saturated carbocycles. The van der Waals surface area contributed by atoms with E-state index in [9.17, 15) is 9.59 Å². The molecule has 0 aromatic heterocycles. The first-order valence-electron chi connectivity index (χ1n) is 6.06. The van der Waals surface area contributed by atoms with Crippen molar-refractivity contribution in [3.8, 4) is 0 Å². The van der Waals surface area contributed by atoms with Gasteiger partial charge in [-0.3, -0.25) is 4.79 Å². The minimum atomic E-state index is -1.02. The average Bonchev–Trinajstić information content (AvgIpc) is 2.45. The highest BCUT2D eigenvalue weighted by atomic mass is 79.9. The van der Waals surface area contributed by atoms with Crippen LogP contribution in [0.5, 0.6) is 0 Å². The molecular formula is C13H14BrNO4S. The molecule has 1 aromatic rings. The van der Waals surface area contributed by atoms with Gasteiger partial charge in [-0.15, -0.1) is 11.8 Å². The molecule has 1 aromatic carbocycles. The SMILES string of the molecule is O=C(O)C1COCCN1C(=O)CSc1cccc(Br)c1. The van der Waals surface area contributed by atoms with Crippen LogP contribution in [0.3, 0.4) is 0 Å². The van der Waals surface area contributed by atoms with E-state index in [4.69, 9.17) is 9.84 Å². The summed E-state index contributed by atoms with van der Waals surface area (Å²) < 4.78 is 6.06. The van der Waals surface area contributed by atoms with Gasteiger partial charge in [-0.2, -0.15) is 0 Å². The van der Waals surface area contributed by atoms with Crippen LogP contribution in [0, 0.1) is 0 Å². The van der Waals surface area contributed by atoms with Crippen molar-refractivity contribution in [1.82, 2.24) is 4.90 Å². The van der Waals surface area contributed by atoms with Gasteiger partial charge in [-0.25, -0.2) is 4.79 Å². The zero-order chi connectivity index (χ0) is 14.5. The van der Waals surface area contributed by atoms with Crippen LogP contribution in [-0.2, 0) is 14.3 Å². The monoisotopic (exact) mass is 359 g/mol. The van der Waals surface area contributed by atoms with Crippen LogP contribution >= 0.6 is 27.7 Å². The summed E-state index contributed by atoms with van der Waals surface area (Å²) in [4.78, 5) is 25.6. The Labute approximate surface area is 129 Å². The van der Waals surface area contributed by atoms with E-state index in [0.29, 0.717) is 13.2 Å². The van der Waals surface area contributed by atoms with E-state index in [0.717, 1.165) is 9.37 Å². The first-order chi connectivity index (χ1) is 9.58. The Morgan fingerprint density at radius 3 is 3.00 bits per heavy atom. The van der Waals surface area contributed by atoms with E-state index < -0.39 is 12.0 Å². The third-order valence-corrected chi connectivity index (χ3v) is 4.36. The number of carboxylic acid groups (broad SMARTS) is 1. The van der Waals surface area contributed by atoms with Gasteiger partial charge in [0, 0.05) is 15.9 Å². The Balaban J connectivity index is 1.95. The quantitative estimate of drug-likeness (QED) is 0.831. The van der Waals surface area contributed by atoms with Crippen molar-refractivity contribution in [1.29, 1.82) is 0 Å². The number of rotatable bonds is 4. The molecule has 1 unspecified atom stereocenters. The average molecular weight is 360 g/mol. The maximum Gasteiger partial charge on any atom is 0.328 e. The lowest BCUT2D eigenvalue weighted by molar-refractivity contribution is -0.157. The molecule has 1 N–H and O–H groups in total. The number of thioether (sulfide) groups is 1. The standard InChI is InChI=1S/C13H14BrNO4S/c14-9-2-1-3-10(6-9)20-8-12(16)15-4-5-19-7-11(15)13(17)18/h1-3,6,11H,4-5,7-8H2,(H,17,18). The number of carboxylic acids is 1. The maximum atomic E-state index is 12.1. The largest absolute Gasteiger partial charge is 0.480 e. The Morgan fingerprint density at radius 1 is 1.50 bits per heavy atom. The topological polar surface area (TPSA) is 66.8 Å². The summed E-state index contributed by atoms with van der Waals surface area (Å²) in [5, 5.41) is 9.09. The summed E-state index contributed by atoms with van der Waals surface area (Å²) in [6.07, 6.45) is 0. The fourth-order valence-electron chi connectivity index (χ4n) is 1.89. The molecule has 0 bridgehead atoms. The van der Waals surface area contributed by atoms with Crippen molar-refractivity contribution >= 4 is 39.6 Å². The molecule has 1 amide bonds. The van der Waals surface area contributed by atoms with Crippen molar-refractivity contribution in [2.45, 2.75) is 10.9 Å². The molecule has 1 fully saturated rings. The molecule has 108 valence electrons. The minimum Gasteiger partial charge on any atom is -0.480 e. The van der Waals surface area contributed by atoms with Crippen molar-refractivity contribution in [2.24, 2.45) is 0 Å². The summed E-state index contributed by atoms with van der Waals surface area (Å²) in [5.41, 5.74) is 0. The van der Waals surface area contributed by atoms with Gasteiger partial charge in [0.25, 0.3) is 0 Å². The molecule has 1 saturated heterocycles. The fraction of sp³-hybridized carbons (Fsp3) is 0.385. The van der Waals surface area contributed by atoms with Gasteiger partial charge in [0.2, 0.25) is 5.91 Å². The number of carbonyl (C=O) groups excluding carboxylic acids is 1. The molecule has 2 rings (SSSR count). The third kappa shape index (κ3) is 3.97. The van der Waals surface area contributed by atoms with Gasteiger partial charge in [0.1, 0.15) is 0 Å². The van der Waals surface area contributed by atoms with Crippen LogP contribution in [0.4, 0.5) is 0 Å². The Kier molecular flexibility index (Phi) is 5.45. The second kappa shape index (κ2) is 7.10. The molecule has 1 aliphatic heterocycles. The lowest BCUT2D eigenvalue weighted by Gasteiger charge is -2.32. The van der Waals surface area contributed by atoms with E-state index in [1.54, 1.807) is 0 Å². The molecule has 0 spiro atoms. The maximum absolute atomic E-state index is 12.1. The number of benzene rings is 1. The summed E-state index contributed by atoms with van der Waals surface area (Å²) in [6, 6.07) is 6.77. The first-order valence-corrected chi connectivity index (χ1v) is 7.84. The molecule has 1 atom stereocenters. The van der Waals surface area contributed by atoms with E-state index in [2.05, 4.69) is 15.9 Å². The van der Waals surface area contributed by atoms with E-state index in [-0.39, 0.29) is 18.3 Å². The number of morpholine rings is 1. The summed E-state index contributed by atoms with van der Waals surface area (Å²) in [7, 11) is 0. The summed E-state index contributed by atoms with van der Waals surface area (Å²) >= 11 is 4.77. The Hall–Kier alpha value is -1.05. The summed E-state index contributed by atoms with van der Waals surface area (Å²) in [5.74, 6) is -0.976. The zero-order valence-corrected chi connectivity index (χ0v) is 13.0. The van der Waals surface area contributed by atoms with Gasteiger partial charge in [-0.1, -0.05) is 22.0 Å². The van der Waals surface area contributed by atoms with Crippen LogP contribution in [0.15, 0.2) is 33.6 Å².